The molecule has 0 unspecified atom stereocenters. The molecule has 122 valence electrons. The van der Waals surface area contributed by atoms with Gasteiger partial charge in [-0.1, -0.05) is 5.92 Å². The Labute approximate surface area is 139 Å². The van der Waals surface area contributed by atoms with Crippen LogP contribution < -0.4 is 11.1 Å². The number of ketones is 1. The van der Waals surface area contributed by atoms with E-state index in [4.69, 9.17) is 22.2 Å². The van der Waals surface area contributed by atoms with Crippen LogP contribution in [-0.2, 0) is 9.53 Å². The number of nitriles is 1. The summed E-state index contributed by atoms with van der Waals surface area (Å²) in [4.78, 5) is 34.7. The average molecular weight is 325 g/mol. The smallest absolute Gasteiger partial charge is 0.251 e. The summed E-state index contributed by atoms with van der Waals surface area (Å²) in [5, 5.41) is 11.6. The van der Waals surface area contributed by atoms with Crippen molar-refractivity contribution >= 4 is 17.6 Å². The minimum Gasteiger partial charge on any atom is -0.367 e. The molecule has 0 aliphatic heterocycles. The second kappa shape index (κ2) is 9.57. The zero-order valence-electron chi connectivity index (χ0n) is 12.7. The fourth-order valence-corrected chi connectivity index (χ4v) is 1.69. The van der Waals surface area contributed by atoms with Gasteiger partial charge in [-0.3, -0.25) is 14.4 Å². The van der Waals surface area contributed by atoms with Gasteiger partial charge in [0.1, 0.15) is 6.61 Å². The van der Waals surface area contributed by atoms with Crippen LogP contribution in [0.25, 0.3) is 0 Å². The molecule has 0 bridgehead atoms. The van der Waals surface area contributed by atoms with E-state index in [-0.39, 0.29) is 36.4 Å². The highest BCUT2D eigenvalue weighted by Gasteiger charge is 2.11. The second-order valence-corrected chi connectivity index (χ2v) is 4.52. The number of benzene rings is 1. The normalized spacial score (nSPS) is 9.92. The number of terminal acetylenes is 1. The van der Waals surface area contributed by atoms with Crippen LogP contribution in [-0.4, -0.2) is 37.4 Å². The van der Waals surface area contributed by atoms with Crippen molar-refractivity contribution in [2.75, 3.05) is 19.8 Å². The SMILES string of the molecule is C#CCOCCNC(=O)c1cc(C#N)cc(C(=O)/C=C/C(N)=O)c1. The van der Waals surface area contributed by atoms with Crippen molar-refractivity contribution in [2.45, 2.75) is 0 Å². The van der Waals surface area contributed by atoms with Crippen LogP contribution in [0.5, 0.6) is 0 Å². The molecular formula is C17H15N3O4. The number of nitrogens with zero attached hydrogens (tertiary/aromatic N) is 1. The predicted octanol–water partition coefficient (Wildman–Crippen LogP) is 0.162. The Hall–Kier alpha value is -3.42. The van der Waals surface area contributed by atoms with E-state index in [1.165, 1.54) is 18.2 Å². The van der Waals surface area contributed by atoms with Crippen molar-refractivity contribution in [3.8, 4) is 18.4 Å². The maximum Gasteiger partial charge on any atom is 0.251 e. The third kappa shape index (κ3) is 6.14. The minimum atomic E-state index is -0.773. The topological polar surface area (TPSA) is 122 Å². The standard InChI is InChI=1S/C17H15N3O4/c1-2-6-24-7-5-20-17(23)14-9-12(11-18)8-13(10-14)15(21)3-4-16(19)22/h1,3-4,8-10H,5-7H2,(H2,19,22)(H,20,23)/b4-3+. The molecule has 2 amide bonds. The van der Waals surface area contributed by atoms with E-state index in [0.29, 0.717) is 0 Å². The summed E-state index contributed by atoms with van der Waals surface area (Å²) in [7, 11) is 0. The minimum absolute atomic E-state index is 0.0975. The summed E-state index contributed by atoms with van der Waals surface area (Å²) in [5.41, 5.74) is 5.30. The molecule has 24 heavy (non-hydrogen) atoms. The van der Waals surface area contributed by atoms with E-state index in [0.717, 1.165) is 12.2 Å². The van der Waals surface area contributed by atoms with E-state index in [2.05, 4.69) is 11.2 Å². The predicted molar refractivity (Wildman–Crippen MR) is 85.8 cm³/mol. The zero-order chi connectivity index (χ0) is 17.9. The Bertz CT molecular complexity index is 754. The maximum absolute atomic E-state index is 12.1. The van der Waals surface area contributed by atoms with E-state index in [1.807, 2.05) is 6.07 Å². The fourth-order valence-electron chi connectivity index (χ4n) is 1.69. The number of amides is 2. The molecule has 0 atom stereocenters. The van der Waals surface area contributed by atoms with Crippen LogP contribution in [0.3, 0.4) is 0 Å². The first-order valence-electron chi connectivity index (χ1n) is 6.84. The lowest BCUT2D eigenvalue weighted by Gasteiger charge is -2.07. The monoisotopic (exact) mass is 325 g/mol. The first-order valence-corrected chi connectivity index (χ1v) is 6.84. The van der Waals surface area contributed by atoms with Crippen molar-refractivity contribution in [3.63, 3.8) is 0 Å². The number of hydrogen-bond donors (Lipinski definition) is 2. The number of nitrogens with one attached hydrogen (secondary N) is 1. The first kappa shape index (κ1) is 18.6. The third-order valence-corrected chi connectivity index (χ3v) is 2.73. The molecule has 0 aliphatic carbocycles. The number of ether oxygens (including phenoxy) is 1. The van der Waals surface area contributed by atoms with E-state index < -0.39 is 17.6 Å². The number of primary amides is 1. The molecule has 0 saturated carbocycles. The molecule has 0 aliphatic rings. The fraction of sp³-hybridized carbons (Fsp3) is 0.176. The first-order chi connectivity index (χ1) is 11.5. The Kier molecular flexibility index (Phi) is 7.43. The van der Waals surface area contributed by atoms with Crippen molar-refractivity contribution in [1.29, 1.82) is 5.26 Å². The lowest BCUT2D eigenvalue weighted by Crippen LogP contribution is -2.27. The highest BCUT2D eigenvalue weighted by molar-refractivity contribution is 6.09. The molecule has 1 aromatic carbocycles. The number of hydrogen-bond acceptors (Lipinski definition) is 5. The van der Waals surface area contributed by atoms with Crippen LogP contribution in [0.4, 0.5) is 0 Å². The van der Waals surface area contributed by atoms with Crippen LogP contribution in [0.15, 0.2) is 30.4 Å². The van der Waals surface area contributed by atoms with Gasteiger partial charge in [0.15, 0.2) is 5.78 Å². The largest absolute Gasteiger partial charge is 0.367 e. The van der Waals surface area contributed by atoms with Crippen molar-refractivity contribution in [1.82, 2.24) is 5.32 Å². The summed E-state index contributed by atoms with van der Waals surface area (Å²) in [6, 6.07) is 5.87. The molecule has 3 N–H and O–H groups in total. The van der Waals surface area contributed by atoms with Crippen LogP contribution in [0, 0.1) is 23.7 Å². The molecule has 0 heterocycles. The van der Waals surface area contributed by atoms with Gasteiger partial charge in [0.25, 0.3) is 5.91 Å². The van der Waals surface area contributed by atoms with E-state index in [1.54, 1.807) is 0 Å². The number of carbonyl (C=O) groups is 3. The van der Waals surface area contributed by atoms with Gasteiger partial charge in [-0.25, -0.2) is 0 Å². The van der Waals surface area contributed by atoms with Gasteiger partial charge in [0, 0.05) is 23.7 Å². The van der Waals surface area contributed by atoms with E-state index >= 15 is 0 Å². The Morgan fingerprint density at radius 1 is 1.25 bits per heavy atom. The van der Waals surface area contributed by atoms with E-state index in [9.17, 15) is 14.4 Å². The molecule has 0 spiro atoms. The van der Waals surface area contributed by atoms with Crippen LogP contribution in [0.2, 0.25) is 0 Å². The van der Waals surface area contributed by atoms with Gasteiger partial charge in [0.05, 0.1) is 18.2 Å². The second-order valence-electron chi connectivity index (χ2n) is 4.52. The Balaban J connectivity index is 2.88. The molecule has 0 saturated heterocycles. The Morgan fingerprint density at radius 3 is 2.58 bits per heavy atom. The highest BCUT2D eigenvalue weighted by Crippen LogP contribution is 2.11. The van der Waals surface area contributed by atoms with Gasteiger partial charge >= 0.3 is 0 Å². The molecule has 1 aromatic rings. The Morgan fingerprint density at radius 2 is 1.96 bits per heavy atom. The number of allylic oxidation sites excluding steroid dienone is 1. The highest BCUT2D eigenvalue weighted by atomic mass is 16.5. The molecule has 7 nitrogen and oxygen atoms in total. The lowest BCUT2D eigenvalue weighted by molar-refractivity contribution is -0.113. The van der Waals surface area contributed by atoms with Crippen LogP contribution in [0.1, 0.15) is 26.3 Å². The zero-order valence-corrected chi connectivity index (χ0v) is 12.7. The van der Waals surface area contributed by atoms with Crippen molar-refractivity contribution in [2.24, 2.45) is 5.73 Å². The quantitative estimate of drug-likeness (QED) is 0.305. The van der Waals surface area contributed by atoms with Gasteiger partial charge in [0.2, 0.25) is 5.91 Å². The molecule has 0 radical (unpaired) electrons. The molecule has 0 fully saturated rings. The van der Waals surface area contributed by atoms with Crippen molar-refractivity contribution < 1.29 is 19.1 Å². The van der Waals surface area contributed by atoms with Gasteiger partial charge in [-0.15, -0.1) is 6.42 Å². The summed E-state index contributed by atoms with van der Waals surface area (Å²) in [5.74, 6) is 0.509. The lowest BCUT2D eigenvalue weighted by atomic mass is 10.0. The number of rotatable bonds is 8. The van der Waals surface area contributed by atoms with Crippen LogP contribution >= 0.6 is 0 Å². The molecule has 7 heteroatoms. The number of nitrogens with two attached hydrogens (primary N) is 1. The number of carbonyl (C=O) groups excluding carboxylic acids is 3. The summed E-state index contributed by atoms with van der Waals surface area (Å²) < 4.78 is 5.02. The molecule has 0 aromatic heterocycles. The molecular weight excluding hydrogens is 310 g/mol. The summed E-state index contributed by atoms with van der Waals surface area (Å²) in [6.45, 7) is 0.605. The molecule has 1 rings (SSSR count). The van der Waals surface area contributed by atoms with Crippen molar-refractivity contribution in [3.05, 3.63) is 47.0 Å². The summed E-state index contributed by atoms with van der Waals surface area (Å²) >= 11 is 0. The third-order valence-electron chi connectivity index (χ3n) is 2.73. The van der Waals surface area contributed by atoms with Gasteiger partial charge in [-0.2, -0.15) is 5.26 Å². The van der Waals surface area contributed by atoms with Gasteiger partial charge < -0.3 is 15.8 Å². The average Bonchev–Trinajstić information content (AvgIpc) is 2.58. The van der Waals surface area contributed by atoms with Gasteiger partial charge in [-0.05, 0) is 24.3 Å². The summed E-state index contributed by atoms with van der Waals surface area (Å²) in [6.07, 6.45) is 6.91. The maximum atomic E-state index is 12.1.